The number of benzene rings is 2. The summed E-state index contributed by atoms with van der Waals surface area (Å²) in [7, 11) is 0. The maximum atomic E-state index is 12.4. The van der Waals surface area contributed by atoms with Crippen molar-refractivity contribution in [3.63, 3.8) is 0 Å². The molecule has 0 fully saturated rings. The molecule has 0 aliphatic rings. The summed E-state index contributed by atoms with van der Waals surface area (Å²) in [6, 6.07) is 16.0. The van der Waals surface area contributed by atoms with Crippen molar-refractivity contribution in [2.75, 3.05) is 0 Å². The first-order valence-electron chi connectivity index (χ1n) is 8.04. The number of carbonyl (C=O) groups excluding carboxylic acids is 1. The summed E-state index contributed by atoms with van der Waals surface area (Å²) in [5.74, 6) is 0.209. The lowest BCUT2D eigenvalue weighted by Crippen LogP contribution is -2.30. The van der Waals surface area contributed by atoms with Crippen LogP contribution in [0.1, 0.15) is 37.4 Å². The van der Waals surface area contributed by atoms with E-state index in [2.05, 4.69) is 19.2 Å². The van der Waals surface area contributed by atoms with E-state index in [1.165, 1.54) is 6.07 Å². The SMILES string of the molecule is CC(C)C[C@H](NC(=O)Cc1ccccc1[N+](=O)[O-])c1ccccc1. The molecule has 2 aromatic rings. The first-order valence-corrected chi connectivity index (χ1v) is 8.04. The van der Waals surface area contributed by atoms with Gasteiger partial charge >= 0.3 is 0 Å². The molecule has 1 amide bonds. The summed E-state index contributed by atoms with van der Waals surface area (Å²) < 4.78 is 0. The molecule has 5 heteroatoms. The zero-order valence-electron chi connectivity index (χ0n) is 13.9. The minimum absolute atomic E-state index is 0.00141. The molecular weight excluding hydrogens is 304 g/mol. The number of nitrogens with zero attached hydrogens (tertiary/aromatic N) is 1. The molecule has 126 valence electrons. The van der Waals surface area contributed by atoms with Crippen LogP contribution in [0.5, 0.6) is 0 Å². The van der Waals surface area contributed by atoms with E-state index in [0.717, 1.165) is 12.0 Å². The van der Waals surface area contributed by atoms with Gasteiger partial charge in [-0.05, 0) is 17.9 Å². The maximum Gasteiger partial charge on any atom is 0.273 e. The van der Waals surface area contributed by atoms with E-state index in [9.17, 15) is 14.9 Å². The van der Waals surface area contributed by atoms with E-state index in [1.807, 2.05) is 30.3 Å². The van der Waals surface area contributed by atoms with E-state index >= 15 is 0 Å². The van der Waals surface area contributed by atoms with Gasteiger partial charge in [-0.1, -0.05) is 62.4 Å². The smallest absolute Gasteiger partial charge is 0.273 e. The predicted molar refractivity (Wildman–Crippen MR) is 93.6 cm³/mol. The van der Waals surface area contributed by atoms with Gasteiger partial charge in [0.15, 0.2) is 0 Å². The molecule has 0 saturated carbocycles. The molecule has 0 spiro atoms. The Morgan fingerprint density at radius 1 is 1.08 bits per heavy atom. The van der Waals surface area contributed by atoms with Gasteiger partial charge in [0.05, 0.1) is 17.4 Å². The first-order chi connectivity index (χ1) is 11.5. The average Bonchev–Trinajstić information content (AvgIpc) is 2.55. The van der Waals surface area contributed by atoms with Crippen LogP contribution in [0.25, 0.3) is 0 Å². The van der Waals surface area contributed by atoms with Crippen LogP contribution >= 0.6 is 0 Å². The van der Waals surface area contributed by atoms with E-state index in [1.54, 1.807) is 18.2 Å². The second kappa shape index (κ2) is 8.24. The van der Waals surface area contributed by atoms with Crippen LogP contribution in [-0.2, 0) is 11.2 Å². The number of para-hydroxylation sites is 1. The summed E-state index contributed by atoms with van der Waals surface area (Å²) in [6.07, 6.45) is 0.811. The van der Waals surface area contributed by atoms with Crippen molar-refractivity contribution >= 4 is 11.6 Å². The van der Waals surface area contributed by atoms with Gasteiger partial charge in [0.25, 0.3) is 5.69 Å². The second-order valence-electron chi connectivity index (χ2n) is 6.22. The van der Waals surface area contributed by atoms with Crippen molar-refractivity contribution in [2.45, 2.75) is 32.7 Å². The number of amides is 1. The molecule has 0 aromatic heterocycles. The van der Waals surface area contributed by atoms with Gasteiger partial charge in [-0.2, -0.15) is 0 Å². The number of nitrogens with one attached hydrogen (secondary N) is 1. The van der Waals surface area contributed by atoms with Gasteiger partial charge in [-0.25, -0.2) is 0 Å². The van der Waals surface area contributed by atoms with Crippen LogP contribution < -0.4 is 5.32 Å². The molecule has 24 heavy (non-hydrogen) atoms. The fraction of sp³-hybridized carbons (Fsp3) is 0.316. The molecule has 0 saturated heterocycles. The van der Waals surface area contributed by atoms with Crippen molar-refractivity contribution in [1.82, 2.24) is 5.32 Å². The van der Waals surface area contributed by atoms with Crippen LogP contribution in [0.4, 0.5) is 5.69 Å². The third-order valence-electron chi connectivity index (χ3n) is 3.78. The van der Waals surface area contributed by atoms with Gasteiger partial charge in [0.1, 0.15) is 0 Å². The first kappa shape index (κ1) is 17.7. The van der Waals surface area contributed by atoms with Crippen molar-refractivity contribution in [3.05, 3.63) is 75.8 Å². The Balaban J connectivity index is 2.12. The minimum atomic E-state index is -0.453. The highest BCUT2D eigenvalue weighted by atomic mass is 16.6. The van der Waals surface area contributed by atoms with Crippen molar-refractivity contribution in [3.8, 4) is 0 Å². The van der Waals surface area contributed by atoms with Crippen molar-refractivity contribution < 1.29 is 9.72 Å². The molecule has 0 aliphatic carbocycles. The largest absolute Gasteiger partial charge is 0.349 e. The second-order valence-corrected chi connectivity index (χ2v) is 6.22. The molecule has 1 atom stereocenters. The fourth-order valence-electron chi connectivity index (χ4n) is 2.69. The highest BCUT2D eigenvalue weighted by Crippen LogP contribution is 2.22. The van der Waals surface area contributed by atoms with Crippen LogP contribution in [0.2, 0.25) is 0 Å². The number of hydrogen-bond donors (Lipinski definition) is 1. The Morgan fingerprint density at radius 3 is 2.33 bits per heavy atom. The molecule has 0 bridgehead atoms. The maximum absolute atomic E-state index is 12.4. The van der Waals surface area contributed by atoms with E-state index < -0.39 is 4.92 Å². The molecule has 0 aliphatic heterocycles. The van der Waals surface area contributed by atoms with Gasteiger partial charge in [-0.3, -0.25) is 14.9 Å². The number of nitro benzene ring substituents is 1. The van der Waals surface area contributed by atoms with Crippen LogP contribution in [0.3, 0.4) is 0 Å². The van der Waals surface area contributed by atoms with Crippen LogP contribution in [0.15, 0.2) is 54.6 Å². The Kier molecular flexibility index (Phi) is 6.07. The minimum Gasteiger partial charge on any atom is -0.349 e. The van der Waals surface area contributed by atoms with Crippen LogP contribution in [0, 0.1) is 16.0 Å². The van der Waals surface area contributed by atoms with Gasteiger partial charge in [0, 0.05) is 11.6 Å². The molecule has 5 nitrogen and oxygen atoms in total. The lowest BCUT2D eigenvalue weighted by Gasteiger charge is -2.21. The highest BCUT2D eigenvalue weighted by molar-refractivity contribution is 5.80. The van der Waals surface area contributed by atoms with Crippen LogP contribution in [-0.4, -0.2) is 10.8 Å². The highest BCUT2D eigenvalue weighted by Gasteiger charge is 2.19. The lowest BCUT2D eigenvalue weighted by atomic mass is 9.96. The van der Waals surface area contributed by atoms with E-state index in [-0.39, 0.29) is 24.1 Å². The molecule has 0 heterocycles. The Hall–Kier alpha value is -2.69. The van der Waals surface area contributed by atoms with Gasteiger partial charge < -0.3 is 5.32 Å². The number of hydrogen-bond acceptors (Lipinski definition) is 3. The molecule has 0 unspecified atom stereocenters. The molecule has 2 rings (SSSR count). The molecule has 1 N–H and O–H groups in total. The number of rotatable bonds is 7. The topological polar surface area (TPSA) is 72.2 Å². The Labute approximate surface area is 141 Å². The average molecular weight is 326 g/mol. The molecule has 2 aromatic carbocycles. The summed E-state index contributed by atoms with van der Waals surface area (Å²) in [5, 5.41) is 14.1. The van der Waals surface area contributed by atoms with E-state index in [4.69, 9.17) is 0 Å². The summed E-state index contributed by atoms with van der Waals surface area (Å²) >= 11 is 0. The Morgan fingerprint density at radius 2 is 1.71 bits per heavy atom. The lowest BCUT2D eigenvalue weighted by molar-refractivity contribution is -0.385. The zero-order valence-corrected chi connectivity index (χ0v) is 13.9. The zero-order chi connectivity index (χ0) is 17.5. The van der Waals surface area contributed by atoms with Gasteiger partial charge in [-0.15, -0.1) is 0 Å². The fourth-order valence-corrected chi connectivity index (χ4v) is 2.69. The van der Waals surface area contributed by atoms with Crippen molar-refractivity contribution in [2.24, 2.45) is 5.92 Å². The summed E-state index contributed by atoms with van der Waals surface area (Å²) in [4.78, 5) is 23.0. The number of carbonyl (C=O) groups is 1. The number of nitro groups is 1. The molecule has 0 radical (unpaired) electrons. The standard InChI is InChI=1S/C19H22N2O3/c1-14(2)12-17(15-8-4-3-5-9-15)20-19(22)13-16-10-6-7-11-18(16)21(23)24/h3-11,14,17H,12-13H2,1-2H3,(H,20,22)/t17-/m0/s1. The van der Waals surface area contributed by atoms with Crippen molar-refractivity contribution in [1.29, 1.82) is 0 Å². The van der Waals surface area contributed by atoms with Gasteiger partial charge in [0.2, 0.25) is 5.91 Å². The molecular formula is C19H22N2O3. The predicted octanol–water partition coefficient (Wildman–Crippen LogP) is 4.04. The summed E-state index contributed by atoms with van der Waals surface area (Å²) in [6.45, 7) is 4.20. The third-order valence-corrected chi connectivity index (χ3v) is 3.78. The quantitative estimate of drug-likeness (QED) is 0.616. The van der Waals surface area contributed by atoms with E-state index in [0.29, 0.717) is 11.5 Å². The summed E-state index contributed by atoms with van der Waals surface area (Å²) in [5.41, 5.74) is 1.45. The third kappa shape index (κ3) is 4.91. The Bertz CT molecular complexity index is 699. The normalized spacial score (nSPS) is 12.0. The monoisotopic (exact) mass is 326 g/mol.